The Morgan fingerprint density at radius 2 is 1.89 bits per heavy atom. The minimum Gasteiger partial charge on any atom is -0.421 e. The zero-order valence-electron chi connectivity index (χ0n) is 15.5. The highest BCUT2D eigenvalue weighted by Gasteiger charge is 2.26. The summed E-state index contributed by atoms with van der Waals surface area (Å²) < 4.78 is 5.71. The molecule has 1 atom stereocenters. The van der Waals surface area contributed by atoms with Crippen molar-refractivity contribution in [3.05, 3.63) is 71.6 Å². The highest BCUT2D eigenvalue weighted by molar-refractivity contribution is 5.76. The number of amides is 1. The summed E-state index contributed by atoms with van der Waals surface area (Å²) in [5, 5.41) is 8.17. The molecule has 138 valence electrons. The molecule has 1 aliphatic rings. The first-order chi connectivity index (χ1) is 13.2. The van der Waals surface area contributed by atoms with Crippen molar-refractivity contribution < 1.29 is 9.21 Å². The van der Waals surface area contributed by atoms with Crippen LogP contribution >= 0.6 is 0 Å². The van der Waals surface area contributed by atoms with Gasteiger partial charge in [0.25, 0.3) is 0 Å². The van der Waals surface area contributed by atoms with E-state index in [4.69, 9.17) is 4.42 Å². The Bertz CT molecular complexity index is 920. The van der Waals surface area contributed by atoms with Crippen molar-refractivity contribution in [3.8, 4) is 11.5 Å². The quantitative estimate of drug-likeness (QED) is 0.683. The Labute approximate surface area is 159 Å². The number of benzene rings is 2. The first-order valence-electron chi connectivity index (χ1n) is 9.43. The Morgan fingerprint density at radius 1 is 1.11 bits per heavy atom. The van der Waals surface area contributed by atoms with Crippen LogP contribution in [0.2, 0.25) is 0 Å². The topological polar surface area (TPSA) is 59.2 Å². The molecule has 0 bridgehead atoms. The molecule has 2 aromatic carbocycles. The molecule has 1 amide bonds. The molecule has 0 N–H and O–H groups in total. The van der Waals surface area contributed by atoms with Gasteiger partial charge in [-0.05, 0) is 42.5 Å². The molecule has 1 aliphatic carbocycles. The van der Waals surface area contributed by atoms with Crippen molar-refractivity contribution in [2.45, 2.75) is 38.1 Å². The molecule has 0 fully saturated rings. The number of aromatic nitrogens is 2. The zero-order chi connectivity index (χ0) is 18.6. The Hall–Kier alpha value is -2.95. The van der Waals surface area contributed by atoms with E-state index in [1.807, 2.05) is 42.3 Å². The average molecular weight is 361 g/mol. The number of nitrogens with zero attached hydrogens (tertiary/aromatic N) is 3. The number of fused-ring (bicyclic) bond motifs is 1. The number of hydrogen-bond donors (Lipinski definition) is 0. The summed E-state index contributed by atoms with van der Waals surface area (Å²) in [6.07, 6.45) is 4.04. The van der Waals surface area contributed by atoms with Gasteiger partial charge in [-0.3, -0.25) is 4.79 Å². The maximum absolute atomic E-state index is 12.7. The summed E-state index contributed by atoms with van der Waals surface area (Å²) in [5.41, 5.74) is 3.53. The Kier molecular flexibility index (Phi) is 5.01. The molecular formula is C22H23N3O2. The molecule has 5 heteroatoms. The first-order valence-corrected chi connectivity index (χ1v) is 9.43. The van der Waals surface area contributed by atoms with Crippen LogP contribution in [0.4, 0.5) is 0 Å². The summed E-state index contributed by atoms with van der Waals surface area (Å²) in [7, 11) is 1.90. The fraction of sp³-hybridized carbons (Fsp3) is 0.318. The van der Waals surface area contributed by atoms with E-state index in [0.717, 1.165) is 24.8 Å². The second kappa shape index (κ2) is 7.74. The molecule has 1 aromatic heterocycles. The first kappa shape index (κ1) is 17.5. The lowest BCUT2D eigenvalue weighted by Crippen LogP contribution is -2.33. The third kappa shape index (κ3) is 3.77. The van der Waals surface area contributed by atoms with Gasteiger partial charge in [-0.1, -0.05) is 42.5 Å². The van der Waals surface area contributed by atoms with Crippen molar-refractivity contribution >= 4 is 5.91 Å². The largest absolute Gasteiger partial charge is 0.421 e. The van der Waals surface area contributed by atoms with Crippen LogP contribution in [0.1, 0.15) is 42.3 Å². The summed E-state index contributed by atoms with van der Waals surface area (Å²) >= 11 is 0. The monoisotopic (exact) mass is 361 g/mol. The van der Waals surface area contributed by atoms with Gasteiger partial charge in [0.1, 0.15) is 0 Å². The van der Waals surface area contributed by atoms with Crippen LogP contribution in [0.5, 0.6) is 0 Å². The lowest BCUT2D eigenvalue weighted by molar-refractivity contribution is -0.132. The molecule has 0 radical (unpaired) electrons. The average Bonchev–Trinajstić information content (AvgIpc) is 3.21. The molecule has 27 heavy (non-hydrogen) atoms. The van der Waals surface area contributed by atoms with Crippen LogP contribution in [0.3, 0.4) is 0 Å². The van der Waals surface area contributed by atoms with Crippen LogP contribution in [0, 0.1) is 0 Å². The fourth-order valence-electron chi connectivity index (χ4n) is 3.75. The summed E-state index contributed by atoms with van der Waals surface area (Å²) in [4.78, 5) is 14.6. The Morgan fingerprint density at radius 3 is 2.74 bits per heavy atom. The van der Waals surface area contributed by atoms with E-state index >= 15 is 0 Å². The molecule has 0 spiro atoms. The van der Waals surface area contributed by atoms with E-state index in [0.29, 0.717) is 24.6 Å². The summed E-state index contributed by atoms with van der Waals surface area (Å²) in [6, 6.07) is 18.3. The minimum absolute atomic E-state index is 0.108. The van der Waals surface area contributed by atoms with Gasteiger partial charge in [0, 0.05) is 25.5 Å². The van der Waals surface area contributed by atoms with Crippen molar-refractivity contribution in [1.29, 1.82) is 0 Å². The Balaban J connectivity index is 1.39. The molecule has 4 rings (SSSR count). The van der Waals surface area contributed by atoms with E-state index in [1.54, 1.807) is 0 Å². The second-order valence-electron chi connectivity index (χ2n) is 6.98. The van der Waals surface area contributed by atoms with Crippen molar-refractivity contribution in [3.63, 3.8) is 0 Å². The standard InChI is InChI=1S/C22H23N3O2/c1-25(19-13-7-11-16-8-5-6-12-18(16)19)21(26)15-14-20-23-24-22(27-20)17-9-3-2-4-10-17/h2-6,8-10,12,19H,7,11,13-15H2,1H3. The van der Waals surface area contributed by atoms with Gasteiger partial charge in [-0.15, -0.1) is 10.2 Å². The second-order valence-corrected chi connectivity index (χ2v) is 6.98. The van der Waals surface area contributed by atoms with Gasteiger partial charge in [0.2, 0.25) is 17.7 Å². The predicted octanol–water partition coefficient (Wildman–Crippen LogP) is 4.21. The number of rotatable bonds is 5. The maximum atomic E-state index is 12.7. The highest BCUT2D eigenvalue weighted by Crippen LogP contribution is 2.33. The fourth-order valence-corrected chi connectivity index (χ4v) is 3.75. The van der Waals surface area contributed by atoms with E-state index in [1.165, 1.54) is 11.1 Å². The van der Waals surface area contributed by atoms with Crippen LogP contribution in [0.25, 0.3) is 11.5 Å². The number of hydrogen-bond acceptors (Lipinski definition) is 4. The molecule has 0 saturated carbocycles. The van der Waals surface area contributed by atoms with Gasteiger partial charge in [0.15, 0.2) is 0 Å². The molecule has 1 unspecified atom stereocenters. The minimum atomic E-state index is 0.108. The van der Waals surface area contributed by atoms with E-state index in [9.17, 15) is 4.79 Å². The van der Waals surface area contributed by atoms with E-state index < -0.39 is 0 Å². The van der Waals surface area contributed by atoms with Crippen LogP contribution in [-0.4, -0.2) is 28.1 Å². The number of aryl methyl sites for hydroxylation is 2. The highest BCUT2D eigenvalue weighted by atomic mass is 16.4. The van der Waals surface area contributed by atoms with Crippen LogP contribution < -0.4 is 0 Å². The SMILES string of the molecule is CN(C(=O)CCc1nnc(-c2ccccc2)o1)C1CCCc2ccccc21. The van der Waals surface area contributed by atoms with E-state index in [-0.39, 0.29) is 11.9 Å². The zero-order valence-corrected chi connectivity index (χ0v) is 15.5. The van der Waals surface area contributed by atoms with E-state index in [2.05, 4.69) is 34.5 Å². The van der Waals surface area contributed by atoms with Crippen molar-refractivity contribution in [1.82, 2.24) is 15.1 Å². The van der Waals surface area contributed by atoms with Gasteiger partial charge in [0.05, 0.1) is 6.04 Å². The van der Waals surface area contributed by atoms with Crippen molar-refractivity contribution in [2.24, 2.45) is 0 Å². The predicted molar refractivity (Wildman–Crippen MR) is 103 cm³/mol. The lowest BCUT2D eigenvalue weighted by Gasteiger charge is -2.33. The normalized spacial score (nSPS) is 16.0. The molecule has 5 nitrogen and oxygen atoms in total. The summed E-state index contributed by atoms with van der Waals surface area (Å²) in [5.74, 6) is 1.10. The van der Waals surface area contributed by atoms with Crippen LogP contribution in [-0.2, 0) is 17.6 Å². The third-order valence-electron chi connectivity index (χ3n) is 5.24. The molecular weight excluding hydrogens is 338 g/mol. The lowest BCUT2D eigenvalue weighted by atomic mass is 9.87. The van der Waals surface area contributed by atoms with Crippen LogP contribution in [0.15, 0.2) is 59.0 Å². The number of carbonyl (C=O) groups is 1. The van der Waals surface area contributed by atoms with Crippen molar-refractivity contribution in [2.75, 3.05) is 7.05 Å². The van der Waals surface area contributed by atoms with Gasteiger partial charge in [-0.2, -0.15) is 0 Å². The van der Waals surface area contributed by atoms with Gasteiger partial charge < -0.3 is 9.32 Å². The molecule has 1 heterocycles. The van der Waals surface area contributed by atoms with Gasteiger partial charge in [-0.25, -0.2) is 0 Å². The summed E-state index contributed by atoms with van der Waals surface area (Å²) in [6.45, 7) is 0. The number of carbonyl (C=O) groups excluding carboxylic acids is 1. The molecule has 0 saturated heterocycles. The van der Waals surface area contributed by atoms with Gasteiger partial charge >= 0.3 is 0 Å². The molecule has 0 aliphatic heterocycles. The third-order valence-corrected chi connectivity index (χ3v) is 5.24. The maximum Gasteiger partial charge on any atom is 0.247 e. The molecule has 3 aromatic rings. The smallest absolute Gasteiger partial charge is 0.247 e.